The van der Waals surface area contributed by atoms with Crippen LogP contribution in [0, 0.1) is 0 Å². The summed E-state index contributed by atoms with van der Waals surface area (Å²) in [6.07, 6.45) is 1.01. The quantitative estimate of drug-likeness (QED) is 0.890. The van der Waals surface area contributed by atoms with Crippen molar-refractivity contribution in [2.45, 2.75) is 26.3 Å². The van der Waals surface area contributed by atoms with E-state index in [1.807, 2.05) is 24.4 Å². The number of carbonyl (C=O) groups is 1. The lowest BCUT2D eigenvalue weighted by molar-refractivity contribution is 0.0743. The van der Waals surface area contributed by atoms with Gasteiger partial charge in [0.2, 0.25) is 10.1 Å². The zero-order valence-corrected chi connectivity index (χ0v) is 13.4. The first-order valence-corrected chi connectivity index (χ1v) is 8.21. The molecule has 1 amide bonds. The van der Waals surface area contributed by atoms with Gasteiger partial charge in [-0.2, -0.15) is 0 Å². The largest absolute Gasteiger partial charge is 0.360 e. The number of thiophene rings is 1. The van der Waals surface area contributed by atoms with E-state index in [4.69, 9.17) is 0 Å². The van der Waals surface area contributed by atoms with Crippen LogP contribution in [0.1, 0.15) is 41.0 Å². The van der Waals surface area contributed by atoms with E-state index < -0.39 is 0 Å². The predicted molar refractivity (Wildman–Crippen MR) is 83.5 cm³/mol. The summed E-state index contributed by atoms with van der Waals surface area (Å²) in [5.41, 5.74) is 0. The van der Waals surface area contributed by atoms with Crippen molar-refractivity contribution >= 4 is 33.7 Å². The Kier molecular flexibility index (Phi) is 5.08. The van der Waals surface area contributed by atoms with Crippen LogP contribution in [0.15, 0.2) is 17.5 Å². The van der Waals surface area contributed by atoms with Crippen molar-refractivity contribution in [2.75, 3.05) is 18.9 Å². The van der Waals surface area contributed by atoms with Crippen LogP contribution in [0.4, 0.5) is 5.13 Å². The van der Waals surface area contributed by atoms with Gasteiger partial charge in [-0.05, 0) is 24.8 Å². The second-order valence-corrected chi connectivity index (χ2v) is 6.40. The van der Waals surface area contributed by atoms with Gasteiger partial charge in [0.25, 0.3) is 5.91 Å². The molecule has 0 bridgehead atoms. The molecular formula is C13H18N4OS2. The highest BCUT2D eigenvalue weighted by Gasteiger charge is 2.22. The number of amides is 1. The molecule has 2 aromatic rings. The SMILES string of the molecule is CCCNc1nnc(C(=O)N(C)C(C)c2cccs2)s1. The monoisotopic (exact) mass is 310 g/mol. The Morgan fingerprint density at radius 1 is 1.50 bits per heavy atom. The van der Waals surface area contributed by atoms with Gasteiger partial charge in [-0.15, -0.1) is 21.5 Å². The maximum atomic E-state index is 12.4. The van der Waals surface area contributed by atoms with E-state index in [0.717, 1.165) is 17.8 Å². The second-order valence-electron chi connectivity index (χ2n) is 4.45. The number of nitrogens with zero attached hydrogens (tertiary/aromatic N) is 3. The van der Waals surface area contributed by atoms with E-state index in [2.05, 4.69) is 22.4 Å². The van der Waals surface area contributed by atoms with Gasteiger partial charge < -0.3 is 10.2 Å². The molecule has 5 nitrogen and oxygen atoms in total. The third-order valence-electron chi connectivity index (χ3n) is 2.99. The second kappa shape index (κ2) is 6.81. The van der Waals surface area contributed by atoms with Gasteiger partial charge in [0.15, 0.2) is 0 Å². The number of hydrogen-bond donors (Lipinski definition) is 1. The van der Waals surface area contributed by atoms with E-state index in [9.17, 15) is 4.79 Å². The molecule has 1 N–H and O–H groups in total. The summed E-state index contributed by atoms with van der Waals surface area (Å²) < 4.78 is 0. The number of rotatable bonds is 6. The van der Waals surface area contributed by atoms with Crippen molar-refractivity contribution in [3.8, 4) is 0 Å². The summed E-state index contributed by atoms with van der Waals surface area (Å²) in [6.45, 7) is 4.93. The molecule has 0 spiro atoms. The third kappa shape index (κ3) is 3.34. The van der Waals surface area contributed by atoms with E-state index in [-0.39, 0.29) is 11.9 Å². The molecule has 2 heterocycles. The maximum absolute atomic E-state index is 12.4. The van der Waals surface area contributed by atoms with Crippen LogP contribution in [0.2, 0.25) is 0 Å². The van der Waals surface area contributed by atoms with Gasteiger partial charge in [0.1, 0.15) is 0 Å². The van der Waals surface area contributed by atoms with Crippen molar-refractivity contribution in [1.82, 2.24) is 15.1 Å². The average molecular weight is 310 g/mol. The van der Waals surface area contributed by atoms with Crippen LogP contribution in [-0.4, -0.2) is 34.6 Å². The number of anilines is 1. The number of aromatic nitrogens is 2. The lowest BCUT2D eigenvalue weighted by atomic mass is 10.2. The van der Waals surface area contributed by atoms with E-state index in [1.54, 1.807) is 23.3 Å². The van der Waals surface area contributed by atoms with Crippen molar-refractivity contribution in [1.29, 1.82) is 0 Å². The molecule has 0 saturated carbocycles. The molecule has 0 radical (unpaired) electrons. The van der Waals surface area contributed by atoms with Gasteiger partial charge in [-0.3, -0.25) is 4.79 Å². The highest BCUT2D eigenvalue weighted by Crippen LogP contribution is 2.26. The molecule has 0 fully saturated rings. The van der Waals surface area contributed by atoms with E-state index >= 15 is 0 Å². The highest BCUT2D eigenvalue weighted by atomic mass is 32.1. The zero-order chi connectivity index (χ0) is 14.5. The van der Waals surface area contributed by atoms with Crippen LogP contribution in [0.25, 0.3) is 0 Å². The Morgan fingerprint density at radius 3 is 2.95 bits per heavy atom. The molecule has 0 aromatic carbocycles. The van der Waals surface area contributed by atoms with E-state index in [0.29, 0.717) is 10.1 Å². The summed E-state index contributed by atoms with van der Waals surface area (Å²) in [5, 5.41) is 14.2. The molecule has 108 valence electrons. The Morgan fingerprint density at radius 2 is 2.30 bits per heavy atom. The first-order valence-electron chi connectivity index (χ1n) is 6.51. The standard InChI is InChI=1S/C13H18N4OS2/c1-4-7-14-13-16-15-11(20-13)12(18)17(3)9(2)10-6-5-8-19-10/h5-6,8-9H,4,7H2,1-3H3,(H,14,16). The smallest absolute Gasteiger partial charge is 0.285 e. The summed E-state index contributed by atoms with van der Waals surface area (Å²) in [5.74, 6) is -0.0899. The van der Waals surface area contributed by atoms with Crippen LogP contribution in [0.3, 0.4) is 0 Å². The molecule has 2 rings (SSSR count). The number of nitrogens with one attached hydrogen (secondary N) is 1. The molecule has 2 aromatic heterocycles. The fourth-order valence-corrected chi connectivity index (χ4v) is 3.24. The average Bonchev–Trinajstić information content (AvgIpc) is 3.13. The van der Waals surface area contributed by atoms with Crippen LogP contribution >= 0.6 is 22.7 Å². The minimum absolute atomic E-state index is 0.0402. The molecule has 20 heavy (non-hydrogen) atoms. The van der Waals surface area contributed by atoms with Crippen molar-refractivity contribution in [3.63, 3.8) is 0 Å². The van der Waals surface area contributed by atoms with Crippen LogP contribution in [0.5, 0.6) is 0 Å². The Labute approximate surface area is 126 Å². The predicted octanol–water partition coefficient (Wildman–Crippen LogP) is 3.25. The van der Waals surface area contributed by atoms with Gasteiger partial charge >= 0.3 is 0 Å². The lowest BCUT2D eigenvalue weighted by Crippen LogP contribution is -2.29. The third-order valence-corrected chi connectivity index (χ3v) is 4.90. The Bertz CT molecular complexity index is 552. The molecule has 1 unspecified atom stereocenters. The topological polar surface area (TPSA) is 58.1 Å². The van der Waals surface area contributed by atoms with Crippen molar-refractivity contribution < 1.29 is 4.79 Å². The van der Waals surface area contributed by atoms with Gasteiger partial charge in [-0.1, -0.05) is 24.3 Å². The molecule has 0 aliphatic rings. The summed E-state index contributed by atoms with van der Waals surface area (Å²) in [4.78, 5) is 15.2. The molecular weight excluding hydrogens is 292 g/mol. The summed E-state index contributed by atoms with van der Waals surface area (Å²) in [7, 11) is 1.80. The van der Waals surface area contributed by atoms with Crippen molar-refractivity contribution in [2.24, 2.45) is 0 Å². The molecule has 1 atom stereocenters. The molecule has 0 aliphatic carbocycles. The molecule has 0 aliphatic heterocycles. The first-order chi connectivity index (χ1) is 9.63. The fourth-order valence-electron chi connectivity index (χ4n) is 1.66. The Hall–Kier alpha value is -1.47. The van der Waals surface area contributed by atoms with Gasteiger partial charge in [0, 0.05) is 18.5 Å². The fraction of sp³-hybridized carbons (Fsp3) is 0.462. The van der Waals surface area contributed by atoms with Gasteiger partial charge in [0.05, 0.1) is 6.04 Å². The minimum atomic E-state index is -0.0899. The minimum Gasteiger partial charge on any atom is -0.360 e. The first kappa shape index (κ1) is 14.9. The lowest BCUT2D eigenvalue weighted by Gasteiger charge is -2.22. The van der Waals surface area contributed by atoms with Crippen LogP contribution < -0.4 is 5.32 Å². The Balaban J connectivity index is 2.04. The van der Waals surface area contributed by atoms with Crippen molar-refractivity contribution in [3.05, 3.63) is 27.4 Å². The zero-order valence-electron chi connectivity index (χ0n) is 11.8. The molecule has 7 heteroatoms. The number of carbonyl (C=O) groups excluding carboxylic acids is 1. The summed E-state index contributed by atoms with van der Waals surface area (Å²) >= 11 is 2.95. The molecule has 0 saturated heterocycles. The van der Waals surface area contributed by atoms with Crippen LogP contribution in [-0.2, 0) is 0 Å². The van der Waals surface area contributed by atoms with Gasteiger partial charge in [-0.25, -0.2) is 0 Å². The van der Waals surface area contributed by atoms with E-state index in [1.165, 1.54) is 11.3 Å². The highest BCUT2D eigenvalue weighted by molar-refractivity contribution is 7.17. The number of hydrogen-bond acceptors (Lipinski definition) is 6. The maximum Gasteiger partial charge on any atom is 0.285 e. The normalized spacial score (nSPS) is 12.2. The summed E-state index contributed by atoms with van der Waals surface area (Å²) in [6, 6.07) is 4.07.